The van der Waals surface area contributed by atoms with Crippen LogP contribution in [0.2, 0.25) is 0 Å². The van der Waals surface area contributed by atoms with Crippen LogP contribution in [0.25, 0.3) is 0 Å². The van der Waals surface area contributed by atoms with Gasteiger partial charge in [0, 0.05) is 13.0 Å². The predicted molar refractivity (Wildman–Crippen MR) is 265 cm³/mol. The molecule has 0 aromatic heterocycles. The van der Waals surface area contributed by atoms with Gasteiger partial charge in [0.15, 0.2) is 6.29 Å². The third-order valence-corrected chi connectivity index (χ3v) is 11.0. The lowest BCUT2D eigenvalue weighted by Gasteiger charge is -2.39. The standard InChI is InChI=1S/C55H92O9/c1-3-5-7-9-11-13-15-17-19-21-22-23-24-25-26-27-29-31-33-35-37-39-41-43-45-61-47-49(48-62-55-54(60)53(59)52(58)50(46-56)64-55)63-51(57)44-42-40-38-36-34-32-30-28-20-18-16-14-12-10-8-6-4-2/h5-8,11-14,17-20,22-23,25-26,49-50,52-56,58-60H,3-4,9-10,15-16,21,24,27-48H2,1-2H3/b7-5-,8-6-,13-11-,14-12-,19-17-,20-18-,23-22-,26-25-. The number of hydrogen-bond acceptors (Lipinski definition) is 9. The van der Waals surface area contributed by atoms with Crippen molar-refractivity contribution in [1.29, 1.82) is 0 Å². The zero-order chi connectivity index (χ0) is 46.4. The highest BCUT2D eigenvalue weighted by Crippen LogP contribution is 2.22. The van der Waals surface area contributed by atoms with Crippen LogP contribution < -0.4 is 0 Å². The maximum Gasteiger partial charge on any atom is 0.306 e. The minimum Gasteiger partial charge on any atom is -0.457 e. The summed E-state index contributed by atoms with van der Waals surface area (Å²) in [5.41, 5.74) is 0. The summed E-state index contributed by atoms with van der Waals surface area (Å²) in [5.74, 6) is -0.331. The normalized spacial score (nSPS) is 20.4. The second kappa shape index (κ2) is 45.3. The van der Waals surface area contributed by atoms with Gasteiger partial charge in [-0.2, -0.15) is 0 Å². The molecule has 9 nitrogen and oxygen atoms in total. The SMILES string of the molecule is CC/C=C\C/C=C\C/C=C\C/C=C\C/C=C\CCCCCCCCCCOCC(COC1OC(CO)C(O)C(O)C1O)OC(=O)CCCCCCCCC/C=C\C/C=C\C/C=C\CC. The van der Waals surface area contributed by atoms with Gasteiger partial charge in [-0.1, -0.05) is 182 Å². The van der Waals surface area contributed by atoms with Gasteiger partial charge in [0.2, 0.25) is 0 Å². The molecule has 0 aromatic rings. The van der Waals surface area contributed by atoms with Crippen LogP contribution in [0.5, 0.6) is 0 Å². The number of carbonyl (C=O) groups is 1. The molecule has 1 rings (SSSR count). The molecule has 0 aliphatic carbocycles. The fourth-order valence-electron chi connectivity index (χ4n) is 7.12. The Balaban J connectivity index is 2.23. The van der Waals surface area contributed by atoms with Crippen molar-refractivity contribution in [1.82, 2.24) is 0 Å². The molecule has 6 atom stereocenters. The zero-order valence-electron chi connectivity index (χ0n) is 40.2. The second-order valence-corrected chi connectivity index (χ2v) is 16.8. The quantitative estimate of drug-likeness (QED) is 0.0268. The van der Waals surface area contributed by atoms with Crippen LogP contribution in [-0.4, -0.2) is 89.6 Å². The fourth-order valence-corrected chi connectivity index (χ4v) is 7.12. The van der Waals surface area contributed by atoms with Gasteiger partial charge in [0.1, 0.15) is 30.5 Å². The van der Waals surface area contributed by atoms with E-state index >= 15 is 0 Å². The van der Waals surface area contributed by atoms with E-state index in [0.29, 0.717) is 13.0 Å². The van der Waals surface area contributed by atoms with E-state index in [9.17, 15) is 25.2 Å². The second-order valence-electron chi connectivity index (χ2n) is 16.8. The summed E-state index contributed by atoms with van der Waals surface area (Å²) < 4.78 is 22.9. The lowest BCUT2D eigenvalue weighted by Crippen LogP contribution is -2.59. The molecule has 0 aromatic carbocycles. The highest BCUT2D eigenvalue weighted by atomic mass is 16.7. The number of aliphatic hydroxyl groups is 4. The van der Waals surface area contributed by atoms with Crippen LogP contribution in [0, 0.1) is 0 Å². The highest BCUT2D eigenvalue weighted by molar-refractivity contribution is 5.69. The smallest absolute Gasteiger partial charge is 0.306 e. The summed E-state index contributed by atoms with van der Waals surface area (Å²) in [4.78, 5) is 12.8. The van der Waals surface area contributed by atoms with Crippen LogP contribution >= 0.6 is 0 Å². The van der Waals surface area contributed by atoms with Crippen molar-refractivity contribution in [3.8, 4) is 0 Å². The highest BCUT2D eigenvalue weighted by Gasteiger charge is 2.44. The Morgan fingerprint density at radius 2 is 0.906 bits per heavy atom. The number of ether oxygens (including phenoxy) is 4. The molecular formula is C55H92O9. The number of rotatable bonds is 42. The number of hydrogen-bond donors (Lipinski definition) is 4. The third-order valence-electron chi connectivity index (χ3n) is 11.0. The summed E-state index contributed by atoms with van der Waals surface area (Å²) in [6.07, 6.45) is 55.8. The maximum absolute atomic E-state index is 12.8. The van der Waals surface area contributed by atoms with Gasteiger partial charge in [0.25, 0.3) is 0 Å². The maximum atomic E-state index is 12.8. The molecule has 64 heavy (non-hydrogen) atoms. The van der Waals surface area contributed by atoms with Crippen LogP contribution in [0.3, 0.4) is 0 Å². The molecule has 4 N–H and O–H groups in total. The Morgan fingerprint density at radius 1 is 0.500 bits per heavy atom. The Kier molecular flexibility index (Phi) is 41.8. The number of carbonyl (C=O) groups excluding carboxylic acids is 1. The van der Waals surface area contributed by atoms with Crippen molar-refractivity contribution in [2.45, 2.75) is 218 Å². The monoisotopic (exact) mass is 897 g/mol. The van der Waals surface area contributed by atoms with Gasteiger partial charge in [-0.25, -0.2) is 0 Å². The number of unbranched alkanes of at least 4 members (excludes halogenated alkanes) is 15. The molecule has 6 unspecified atom stereocenters. The van der Waals surface area contributed by atoms with Crippen molar-refractivity contribution in [2.24, 2.45) is 0 Å². The van der Waals surface area contributed by atoms with Crippen molar-refractivity contribution in [3.05, 3.63) is 97.2 Å². The average Bonchev–Trinajstić information content (AvgIpc) is 3.30. The van der Waals surface area contributed by atoms with Gasteiger partial charge in [-0.3, -0.25) is 4.79 Å². The van der Waals surface area contributed by atoms with Crippen LogP contribution in [0.15, 0.2) is 97.2 Å². The van der Waals surface area contributed by atoms with Crippen molar-refractivity contribution in [2.75, 3.05) is 26.4 Å². The number of esters is 1. The fraction of sp³-hybridized carbons (Fsp3) is 0.691. The van der Waals surface area contributed by atoms with Gasteiger partial charge in [-0.05, 0) is 89.9 Å². The Bertz CT molecular complexity index is 1300. The largest absolute Gasteiger partial charge is 0.457 e. The molecule has 1 aliphatic rings. The molecular weight excluding hydrogens is 805 g/mol. The molecule has 1 heterocycles. The van der Waals surface area contributed by atoms with E-state index in [1.54, 1.807) is 0 Å². The van der Waals surface area contributed by atoms with E-state index in [4.69, 9.17) is 18.9 Å². The van der Waals surface area contributed by atoms with Crippen LogP contribution in [0.1, 0.15) is 181 Å². The number of aliphatic hydroxyl groups excluding tert-OH is 4. The minimum absolute atomic E-state index is 0.127. The van der Waals surface area contributed by atoms with Crippen molar-refractivity contribution in [3.63, 3.8) is 0 Å². The molecule has 9 heteroatoms. The molecule has 366 valence electrons. The van der Waals surface area contributed by atoms with Crippen LogP contribution in [-0.2, 0) is 23.7 Å². The lowest BCUT2D eigenvalue weighted by atomic mass is 9.99. The van der Waals surface area contributed by atoms with E-state index in [2.05, 4.69) is 111 Å². The number of allylic oxidation sites excluding steroid dienone is 16. The minimum atomic E-state index is -1.55. The first-order valence-electron chi connectivity index (χ1n) is 25.3. The van der Waals surface area contributed by atoms with Gasteiger partial charge in [-0.15, -0.1) is 0 Å². The van der Waals surface area contributed by atoms with E-state index in [1.807, 2.05) is 0 Å². The molecule has 0 saturated carbocycles. The molecule has 0 bridgehead atoms. The molecule has 0 radical (unpaired) electrons. The first-order valence-corrected chi connectivity index (χ1v) is 25.3. The lowest BCUT2D eigenvalue weighted by molar-refractivity contribution is -0.305. The summed E-state index contributed by atoms with van der Waals surface area (Å²) in [6, 6.07) is 0. The molecule has 1 aliphatic heterocycles. The Hall–Kier alpha value is -2.89. The molecule has 0 amide bonds. The van der Waals surface area contributed by atoms with Gasteiger partial charge >= 0.3 is 5.97 Å². The van der Waals surface area contributed by atoms with Crippen molar-refractivity contribution < 1.29 is 44.2 Å². The van der Waals surface area contributed by atoms with E-state index in [1.165, 1.54) is 51.4 Å². The van der Waals surface area contributed by atoms with E-state index in [-0.39, 0.29) is 19.2 Å². The van der Waals surface area contributed by atoms with Crippen LogP contribution in [0.4, 0.5) is 0 Å². The summed E-state index contributed by atoms with van der Waals surface area (Å²) >= 11 is 0. The summed E-state index contributed by atoms with van der Waals surface area (Å²) in [5, 5.41) is 40.2. The predicted octanol–water partition coefficient (Wildman–Crippen LogP) is 12.4. The zero-order valence-corrected chi connectivity index (χ0v) is 40.2. The first kappa shape index (κ1) is 59.1. The van der Waals surface area contributed by atoms with E-state index < -0.39 is 43.4 Å². The van der Waals surface area contributed by atoms with E-state index in [0.717, 1.165) is 109 Å². The summed E-state index contributed by atoms with van der Waals surface area (Å²) in [7, 11) is 0. The Morgan fingerprint density at radius 3 is 1.36 bits per heavy atom. The first-order chi connectivity index (χ1) is 31.4. The third kappa shape index (κ3) is 35.4. The molecule has 1 fully saturated rings. The van der Waals surface area contributed by atoms with Crippen molar-refractivity contribution >= 4 is 5.97 Å². The molecule has 0 spiro atoms. The average molecular weight is 897 g/mol. The molecule has 1 saturated heterocycles. The topological polar surface area (TPSA) is 135 Å². The summed E-state index contributed by atoms with van der Waals surface area (Å²) in [6.45, 7) is 4.29. The Labute approximate surface area is 390 Å². The van der Waals surface area contributed by atoms with Gasteiger partial charge < -0.3 is 39.4 Å². The van der Waals surface area contributed by atoms with Gasteiger partial charge in [0.05, 0.1) is 19.8 Å².